The minimum Gasteiger partial charge on any atom is -0.348 e. The Morgan fingerprint density at radius 3 is 2.29 bits per heavy atom. The Bertz CT molecular complexity index is 940. The fraction of sp³-hybridized carbons (Fsp3) is 0.130. The van der Waals surface area contributed by atoms with Gasteiger partial charge in [0.25, 0.3) is 5.91 Å². The summed E-state index contributed by atoms with van der Waals surface area (Å²) in [6, 6.07) is 24.8. The van der Waals surface area contributed by atoms with Crippen LogP contribution in [0.1, 0.15) is 21.5 Å². The highest BCUT2D eigenvalue weighted by Gasteiger charge is 2.13. The molecular formula is C23H22N2O2S. The molecule has 0 spiro atoms. The molecule has 28 heavy (non-hydrogen) atoms. The molecule has 2 N–H and O–H groups in total. The number of hydrogen-bond acceptors (Lipinski definition) is 3. The molecule has 5 heteroatoms. The first kappa shape index (κ1) is 19.7. The van der Waals surface area contributed by atoms with Crippen LogP contribution >= 0.6 is 11.8 Å². The van der Waals surface area contributed by atoms with Crippen LogP contribution in [0, 0.1) is 6.92 Å². The second-order valence-electron chi connectivity index (χ2n) is 6.36. The SMILES string of the molecule is Cc1ccc(CNC(=O)c2ccccc2NC(=O)CSc2ccccc2)cc1. The molecule has 0 aliphatic carbocycles. The second-order valence-corrected chi connectivity index (χ2v) is 7.41. The van der Waals surface area contributed by atoms with Gasteiger partial charge in [0.1, 0.15) is 0 Å². The van der Waals surface area contributed by atoms with Gasteiger partial charge in [0.05, 0.1) is 17.0 Å². The summed E-state index contributed by atoms with van der Waals surface area (Å²) in [6.45, 7) is 2.46. The lowest BCUT2D eigenvalue weighted by Gasteiger charge is -2.12. The smallest absolute Gasteiger partial charge is 0.253 e. The molecule has 0 heterocycles. The largest absolute Gasteiger partial charge is 0.348 e. The summed E-state index contributed by atoms with van der Waals surface area (Å²) in [5.74, 6) is -0.0802. The van der Waals surface area contributed by atoms with Crippen molar-refractivity contribution in [2.45, 2.75) is 18.4 Å². The summed E-state index contributed by atoms with van der Waals surface area (Å²) < 4.78 is 0. The molecule has 0 saturated heterocycles. The molecule has 0 radical (unpaired) electrons. The number of rotatable bonds is 7. The van der Waals surface area contributed by atoms with Crippen LogP contribution in [0.15, 0.2) is 83.8 Å². The maximum Gasteiger partial charge on any atom is 0.253 e. The third-order valence-corrected chi connectivity index (χ3v) is 5.14. The summed E-state index contributed by atoms with van der Waals surface area (Å²) in [4.78, 5) is 25.9. The van der Waals surface area contributed by atoms with Crippen LogP contribution in [0.25, 0.3) is 0 Å². The van der Waals surface area contributed by atoms with Crippen LogP contribution in [0.5, 0.6) is 0 Å². The van der Waals surface area contributed by atoms with Crippen LogP contribution in [-0.2, 0) is 11.3 Å². The predicted octanol–water partition coefficient (Wildman–Crippen LogP) is 4.66. The Morgan fingerprint density at radius 1 is 0.857 bits per heavy atom. The summed E-state index contributed by atoms with van der Waals surface area (Å²) in [6.07, 6.45) is 0. The number of amides is 2. The molecular weight excluding hydrogens is 368 g/mol. The number of para-hydroxylation sites is 1. The fourth-order valence-electron chi connectivity index (χ4n) is 2.63. The topological polar surface area (TPSA) is 58.2 Å². The first-order valence-corrected chi connectivity index (χ1v) is 10.0. The lowest BCUT2D eigenvalue weighted by atomic mass is 10.1. The van der Waals surface area contributed by atoms with Crippen molar-refractivity contribution in [2.24, 2.45) is 0 Å². The molecule has 0 atom stereocenters. The van der Waals surface area contributed by atoms with Crippen LogP contribution in [0.4, 0.5) is 5.69 Å². The van der Waals surface area contributed by atoms with Crippen molar-refractivity contribution < 1.29 is 9.59 Å². The Balaban J connectivity index is 1.59. The summed E-state index contributed by atoms with van der Waals surface area (Å²) >= 11 is 1.46. The first-order chi connectivity index (χ1) is 13.6. The van der Waals surface area contributed by atoms with E-state index in [9.17, 15) is 9.59 Å². The quantitative estimate of drug-likeness (QED) is 0.577. The zero-order chi connectivity index (χ0) is 19.8. The minimum atomic E-state index is -0.216. The van der Waals surface area contributed by atoms with Gasteiger partial charge in [0.2, 0.25) is 5.91 Å². The van der Waals surface area contributed by atoms with E-state index in [-0.39, 0.29) is 17.6 Å². The molecule has 142 valence electrons. The van der Waals surface area contributed by atoms with E-state index in [1.165, 1.54) is 17.3 Å². The molecule has 3 aromatic carbocycles. The predicted molar refractivity (Wildman–Crippen MR) is 115 cm³/mol. The van der Waals surface area contributed by atoms with Gasteiger partial charge in [-0.15, -0.1) is 11.8 Å². The van der Waals surface area contributed by atoms with E-state index in [0.717, 1.165) is 10.5 Å². The molecule has 0 aromatic heterocycles. The van der Waals surface area contributed by atoms with Crippen molar-refractivity contribution in [2.75, 3.05) is 11.1 Å². The van der Waals surface area contributed by atoms with Crippen LogP contribution < -0.4 is 10.6 Å². The van der Waals surface area contributed by atoms with Gasteiger partial charge in [0, 0.05) is 11.4 Å². The summed E-state index contributed by atoms with van der Waals surface area (Å²) in [7, 11) is 0. The average Bonchev–Trinajstić information content (AvgIpc) is 2.73. The summed E-state index contributed by atoms with van der Waals surface area (Å²) in [5.41, 5.74) is 3.17. The van der Waals surface area contributed by atoms with Crippen LogP contribution in [0.3, 0.4) is 0 Å². The lowest BCUT2D eigenvalue weighted by molar-refractivity contribution is -0.113. The zero-order valence-electron chi connectivity index (χ0n) is 15.6. The molecule has 3 aromatic rings. The highest BCUT2D eigenvalue weighted by molar-refractivity contribution is 8.00. The maximum atomic E-state index is 12.6. The van der Waals surface area contributed by atoms with Gasteiger partial charge in [-0.25, -0.2) is 0 Å². The Hall–Kier alpha value is -3.05. The average molecular weight is 391 g/mol. The summed E-state index contributed by atoms with van der Waals surface area (Å²) in [5, 5.41) is 5.76. The number of nitrogens with one attached hydrogen (secondary N) is 2. The van der Waals surface area contributed by atoms with Crippen LogP contribution in [-0.4, -0.2) is 17.6 Å². The third kappa shape index (κ3) is 5.72. The van der Waals surface area contributed by atoms with Crippen molar-refractivity contribution in [1.82, 2.24) is 5.32 Å². The highest BCUT2D eigenvalue weighted by atomic mass is 32.2. The Kier molecular flexibility index (Phi) is 6.87. The van der Waals surface area contributed by atoms with Crippen molar-refractivity contribution in [3.63, 3.8) is 0 Å². The number of aryl methyl sites for hydroxylation is 1. The molecule has 3 rings (SSSR count). The molecule has 0 fully saturated rings. The number of anilines is 1. The normalized spacial score (nSPS) is 10.3. The third-order valence-electron chi connectivity index (χ3n) is 4.13. The molecule has 0 aliphatic rings. The molecule has 2 amide bonds. The fourth-order valence-corrected chi connectivity index (χ4v) is 3.35. The van der Waals surface area contributed by atoms with Crippen molar-refractivity contribution in [3.8, 4) is 0 Å². The van der Waals surface area contributed by atoms with E-state index in [0.29, 0.717) is 17.8 Å². The van der Waals surface area contributed by atoms with Crippen LogP contribution in [0.2, 0.25) is 0 Å². The van der Waals surface area contributed by atoms with E-state index >= 15 is 0 Å². The monoisotopic (exact) mass is 390 g/mol. The van der Waals surface area contributed by atoms with E-state index in [1.54, 1.807) is 24.3 Å². The number of hydrogen-bond donors (Lipinski definition) is 2. The number of thioether (sulfide) groups is 1. The molecule has 0 saturated carbocycles. The van der Waals surface area contributed by atoms with Gasteiger partial charge in [0.15, 0.2) is 0 Å². The molecule has 0 aliphatic heterocycles. The van der Waals surface area contributed by atoms with Gasteiger partial charge in [-0.05, 0) is 36.8 Å². The van der Waals surface area contributed by atoms with E-state index in [4.69, 9.17) is 0 Å². The lowest BCUT2D eigenvalue weighted by Crippen LogP contribution is -2.25. The number of carbonyl (C=O) groups is 2. The highest BCUT2D eigenvalue weighted by Crippen LogP contribution is 2.19. The van der Waals surface area contributed by atoms with Crippen molar-refractivity contribution >= 4 is 29.3 Å². The van der Waals surface area contributed by atoms with Gasteiger partial charge in [-0.1, -0.05) is 60.2 Å². The van der Waals surface area contributed by atoms with E-state index < -0.39 is 0 Å². The second kappa shape index (κ2) is 9.76. The molecule has 0 unspecified atom stereocenters. The van der Waals surface area contributed by atoms with E-state index in [2.05, 4.69) is 10.6 Å². The Morgan fingerprint density at radius 2 is 1.54 bits per heavy atom. The minimum absolute atomic E-state index is 0.146. The Labute approximate surface area is 169 Å². The van der Waals surface area contributed by atoms with Gasteiger partial charge in [-0.3, -0.25) is 9.59 Å². The molecule has 4 nitrogen and oxygen atoms in total. The van der Waals surface area contributed by atoms with Gasteiger partial charge < -0.3 is 10.6 Å². The number of carbonyl (C=O) groups excluding carboxylic acids is 2. The van der Waals surface area contributed by atoms with Crippen molar-refractivity contribution in [3.05, 3.63) is 95.6 Å². The van der Waals surface area contributed by atoms with Gasteiger partial charge >= 0.3 is 0 Å². The molecule has 0 bridgehead atoms. The zero-order valence-corrected chi connectivity index (χ0v) is 16.5. The van der Waals surface area contributed by atoms with Gasteiger partial charge in [-0.2, -0.15) is 0 Å². The number of benzene rings is 3. The first-order valence-electron chi connectivity index (χ1n) is 9.02. The van der Waals surface area contributed by atoms with Crippen molar-refractivity contribution in [1.29, 1.82) is 0 Å². The maximum absolute atomic E-state index is 12.6. The standard InChI is InChI=1S/C23H22N2O2S/c1-17-11-13-18(14-12-17)15-24-23(27)20-9-5-6-10-21(20)25-22(26)16-28-19-7-3-2-4-8-19/h2-14H,15-16H2,1H3,(H,24,27)(H,25,26). The van der Waals surface area contributed by atoms with E-state index in [1.807, 2.05) is 61.5 Å².